The summed E-state index contributed by atoms with van der Waals surface area (Å²) in [5.41, 5.74) is 2.50. The molecule has 24 heavy (non-hydrogen) atoms. The molecule has 0 aliphatic rings. The highest BCUT2D eigenvalue weighted by molar-refractivity contribution is 5.90. The van der Waals surface area contributed by atoms with Crippen molar-refractivity contribution in [3.05, 3.63) is 52.3 Å². The Morgan fingerprint density at radius 2 is 2.12 bits per heavy atom. The summed E-state index contributed by atoms with van der Waals surface area (Å²) < 4.78 is 7.00. The summed E-state index contributed by atoms with van der Waals surface area (Å²) in [6.45, 7) is 1.95. The zero-order valence-electron chi connectivity index (χ0n) is 13.9. The molecule has 1 aromatic carbocycles. The van der Waals surface area contributed by atoms with E-state index < -0.39 is 0 Å². The lowest BCUT2D eigenvalue weighted by Crippen LogP contribution is -2.22. The van der Waals surface area contributed by atoms with Crippen LogP contribution in [0.15, 0.2) is 40.0 Å². The zero-order valence-corrected chi connectivity index (χ0v) is 13.9. The Morgan fingerprint density at radius 3 is 2.79 bits per heavy atom. The minimum atomic E-state index is -0.0937. The first kappa shape index (κ1) is 16.0. The molecule has 0 atom stereocenters. The molecule has 0 aliphatic carbocycles. The second kappa shape index (κ2) is 6.31. The van der Waals surface area contributed by atoms with E-state index in [1.54, 1.807) is 24.9 Å². The molecule has 0 saturated carbocycles. The molecule has 6 nitrogen and oxygen atoms in total. The van der Waals surface area contributed by atoms with Crippen molar-refractivity contribution >= 4 is 16.7 Å². The van der Waals surface area contributed by atoms with Crippen LogP contribution in [0.5, 0.6) is 0 Å². The van der Waals surface area contributed by atoms with Crippen LogP contribution in [0.2, 0.25) is 0 Å². The van der Waals surface area contributed by atoms with Gasteiger partial charge in [0.05, 0.1) is 11.9 Å². The van der Waals surface area contributed by atoms with E-state index in [2.05, 4.69) is 10.3 Å². The monoisotopic (exact) mass is 325 g/mol. The summed E-state index contributed by atoms with van der Waals surface area (Å²) in [7, 11) is 3.33. The summed E-state index contributed by atoms with van der Waals surface area (Å²) in [5, 5.41) is 4.12. The van der Waals surface area contributed by atoms with Gasteiger partial charge in [-0.2, -0.15) is 0 Å². The van der Waals surface area contributed by atoms with Crippen LogP contribution in [0.4, 0.5) is 0 Å². The van der Waals surface area contributed by atoms with E-state index in [9.17, 15) is 9.59 Å². The number of hydrogen-bond donors (Lipinski definition) is 1. The minimum absolute atomic E-state index is 0.0485. The molecule has 0 fully saturated rings. The molecule has 1 amide bonds. The predicted octanol–water partition coefficient (Wildman–Crippen LogP) is 2.18. The van der Waals surface area contributed by atoms with Crippen LogP contribution < -0.4 is 10.9 Å². The fraction of sp³-hybridized carbons (Fsp3) is 0.278. The molecule has 3 aromatic rings. The molecule has 0 radical (unpaired) electrons. The van der Waals surface area contributed by atoms with Crippen molar-refractivity contribution in [1.82, 2.24) is 14.9 Å². The molecule has 2 heterocycles. The third-order valence-electron chi connectivity index (χ3n) is 4.20. The molecule has 0 spiro atoms. The van der Waals surface area contributed by atoms with Gasteiger partial charge in [-0.1, -0.05) is 17.7 Å². The molecule has 0 aliphatic heterocycles. The van der Waals surface area contributed by atoms with Gasteiger partial charge in [-0.25, -0.2) is 4.98 Å². The Labute approximate surface area is 139 Å². The Kier molecular flexibility index (Phi) is 4.20. The van der Waals surface area contributed by atoms with Crippen LogP contribution in [0.3, 0.4) is 0 Å². The van der Waals surface area contributed by atoms with Crippen molar-refractivity contribution in [2.45, 2.75) is 19.8 Å². The van der Waals surface area contributed by atoms with E-state index in [-0.39, 0.29) is 11.5 Å². The predicted molar refractivity (Wildman–Crippen MR) is 91.8 cm³/mol. The molecule has 0 saturated heterocycles. The number of pyridine rings is 1. The highest BCUT2D eigenvalue weighted by atomic mass is 16.3. The first-order chi connectivity index (χ1) is 11.5. The van der Waals surface area contributed by atoms with E-state index in [0.29, 0.717) is 29.7 Å². The van der Waals surface area contributed by atoms with Crippen molar-refractivity contribution in [3.8, 4) is 11.5 Å². The van der Waals surface area contributed by atoms with E-state index in [1.165, 1.54) is 6.39 Å². The number of hydrogen-bond acceptors (Lipinski definition) is 4. The van der Waals surface area contributed by atoms with Crippen LogP contribution in [-0.2, 0) is 18.3 Å². The number of benzene rings is 1. The molecular formula is C18H19N3O3. The molecule has 2 aromatic heterocycles. The lowest BCUT2D eigenvalue weighted by atomic mass is 9.97. The number of carbonyl (C=O) groups is 1. The SMILES string of the molecule is CNC(=O)CCc1c(-c2cnco2)n(C)c(=O)c2cc(C)ccc12. The maximum absolute atomic E-state index is 12.8. The van der Waals surface area contributed by atoms with E-state index in [1.807, 2.05) is 25.1 Å². The highest BCUT2D eigenvalue weighted by Crippen LogP contribution is 2.29. The maximum Gasteiger partial charge on any atom is 0.258 e. The lowest BCUT2D eigenvalue weighted by molar-refractivity contribution is -0.120. The van der Waals surface area contributed by atoms with Crippen LogP contribution >= 0.6 is 0 Å². The molecule has 0 unspecified atom stereocenters. The first-order valence-corrected chi connectivity index (χ1v) is 7.74. The maximum atomic E-state index is 12.8. The van der Waals surface area contributed by atoms with E-state index in [0.717, 1.165) is 16.5 Å². The van der Waals surface area contributed by atoms with Gasteiger partial charge >= 0.3 is 0 Å². The number of fused-ring (bicyclic) bond motifs is 1. The van der Waals surface area contributed by atoms with Gasteiger partial charge in [0, 0.05) is 25.9 Å². The Hall–Kier alpha value is -2.89. The number of rotatable bonds is 4. The van der Waals surface area contributed by atoms with Gasteiger partial charge in [-0.15, -0.1) is 0 Å². The van der Waals surface area contributed by atoms with E-state index in [4.69, 9.17) is 4.42 Å². The molecule has 1 N–H and O–H groups in total. The summed E-state index contributed by atoms with van der Waals surface area (Å²) >= 11 is 0. The second-order valence-corrected chi connectivity index (χ2v) is 5.78. The summed E-state index contributed by atoms with van der Waals surface area (Å²) in [6, 6.07) is 5.78. The number of aromatic nitrogens is 2. The summed E-state index contributed by atoms with van der Waals surface area (Å²) in [4.78, 5) is 28.4. The van der Waals surface area contributed by atoms with Gasteiger partial charge in [0.25, 0.3) is 5.56 Å². The van der Waals surface area contributed by atoms with Crippen LogP contribution in [0, 0.1) is 6.92 Å². The van der Waals surface area contributed by atoms with Crippen molar-refractivity contribution < 1.29 is 9.21 Å². The fourth-order valence-corrected chi connectivity index (χ4v) is 2.97. The van der Waals surface area contributed by atoms with Crippen molar-refractivity contribution in [3.63, 3.8) is 0 Å². The highest BCUT2D eigenvalue weighted by Gasteiger charge is 2.19. The molecule has 124 valence electrons. The zero-order chi connectivity index (χ0) is 17.3. The first-order valence-electron chi connectivity index (χ1n) is 7.74. The van der Waals surface area contributed by atoms with Crippen molar-refractivity contribution in [2.24, 2.45) is 7.05 Å². The summed E-state index contributed by atoms with van der Waals surface area (Å²) in [6.07, 6.45) is 3.75. The number of nitrogens with zero attached hydrogens (tertiary/aromatic N) is 2. The van der Waals surface area contributed by atoms with Crippen molar-refractivity contribution in [1.29, 1.82) is 0 Å². The minimum Gasteiger partial charge on any atom is -0.442 e. The molecular weight excluding hydrogens is 306 g/mol. The number of aryl methyl sites for hydroxylation is 2. The normalized spacial score (nSPS) is 11.0. The Balaban J connectivity index is 2.31. The average molecular weight is 325 g/mol. The average Bonchev–Trinajstić information content (AvgIpc) is 3.10. The summed E-state index contributed by atoms with van der Waals surface area (Å²) in [5.74, 6) is 0.469. The number of nitrogens with one attached hydrogen (secondary N) is 1. The number of amides is 1. The van der Waals surface area contributed by atoms with Gasteiger partial charge in [0.15, 0.2) is 12.2 Å². The van der Waals surface area contributed by atoms with Crippen LogP contribution in [0.25, 0.3) is 22.2 Å². The molecule has 0 bridgehead atoms. The van der Waals surface area contributed by atoms with Gasteiger partial charge in [0.1, 0.15) is 0 Å². The van der Waals surface area contributed by atoms with Gasteiger partial charge in [-0.05, 0) is 30.4 Å². The smallest absolute Gasteiger partial charge is 0.258 e. The standard InChI is InChI=1S/C18H19N3O3/c1-11-4-5-12-13(6-7-16(22)19-2)17(15-9-20-10-24-15)21(3)18(23)14(12)8-11/h4-5,8-10H,6-7H2,1-3H3,(H,19,22). The number of carbonyl (C=O) groups excluding carboxylic acids is 1. The fourth-order valence-electron chi connectivity index (χ4n) is 2.97. The second-order valence-electron chi connectivity index (χ2n) is 5.78. The van der Waals surface area contributed by atoms with Gasteiger partial charge in [-0.3, -0.25) is 9.59 Å². The quantitative estimate of drug-likeness (QED) is 0.797. The van der Waals surface area contributed by atoms with Gasteiger partial charge < -0.3 is 14.3 Å². The molecule has 3 rings (SSSR count). The Bertz CT molecular complexity index is 956. The third-order valence-corrected chi connectivity index (χ3v) is 4.20. The lowest BCUT2D eigenvalue weighted by Gasteiger charge is -2.15. The van der Waals surface area contributed by atoms with Crippen molar-refractivity contribution in [2.75, 3.05) is 7.05 Å². The topological polar surface area (TPSA) is 77.1 Å². The third kappa shape index (κ3) is 2.71. The van der Waals surface area contributed by atoms with E-state index >= 15 is 0 Å². The van der Waals surface area contributed by atoms with Gasteiger partial charge in [0.2, 0.25) is 5.91 Å². The molecule has 6 heteroatoms. The van der Waals surface area contributed by atoms with Crippen LogP contribution in [0.1, 0.15) is 17.5 Å². The Morgan fingerprint density at radius 1 is 1.33 bits per heavy atom. The number of oxazole rings is 1. The van der Waals surface area contributed by atoms with Crippen LogP contribution in [-0.4, -0.2) is 22.5 Å². The largest absolute Gasteiger partial charge is 0.442 e.